The Morgan fingerprint density at radius 1 is 1.30 bits per heavy atom. The first-order valence-electron chi connectivity index (χ1n) is 5.81. The number of hydrogen-bond donors (Lipinski definition) is 2. The van der Waals surface area contributed by atoms with E-state index in [2.05, 4.69) is 0 Å². The van der Waals surface area contributed by atoms with Gasteiger partial charge in [-0.3, -0.25) is 5.41 Å². The average Bonchev–Trinajstić information content (AvgIpc) is 2.36. The molecule has 4 nitrogen and oxygen atoms in total. The van der Waals surface area contributed by atoms with Crippen LogP contribution >= 0.6 is 11.8 Å². The normalized spacial score (nSPS) is 15.8. The van der Waals surface area contributed by atoms with Crippen molar-refractivity contribution >= 4 is 17.6 Å². The third-order valence-corrected chi connectivity index (χ3v) is 3.79. The molecule has 20 heavy (non-hydrogen) atoms. The highest BCUT2D eigenvalue weighted by atomic mass is 32.2. The van der Waals surface area contributed by atoms with Gasteiger partial charge in [-0.25, -0.2) is 0 Å². The molecule has 1 aromatic rings. The molecule has 0 aromatic heterocycles. The van der Waals surface area contributed by atoms with E-state index in [0.29, 0.717) is 29.6 Å². The van der Waals surface area contributed by atoms with Gasteiger partial charge in [-0.05, 0) is 18.2 Å². The van der Waals surface area contributed by atoms with Gasteiger partial charge >= 0.3 is 6.18 Å². The van der Waals surface area contributed by atoms with Gasteiger partial charge in [-0.1, -0.05) is 0 Å². The predicted octanol–water partition coefficient (Wildman–Crippen LogP) is 2.66. The smallest absolute Gasteiger partial charge is 0.399 e. The van der Waals surface area contributed by atoms with Crippen molar-refractivity contribution in [1.29, 1.82) is 5.41 Å². The topological polar surface area (TPSA) is 68.3 Å². The molecule has 0 spiro atoms. The highest BCUT2D eigenvalue weighted by Crippen LogP contribution is 2.36. The minimum Gasteiger partial charge on any atom is -0.486 e. The number of ether oxygens (including phenoxy) is 2. The van der Waals surface area contributed by atoms with Crippen LogP contribution in [0.25, 0.3) is 0 Å². The van der Waals surface area contributed by atoms with Gasteiger partial charge in [-0.2, -0.15) is 13.2 Å². The second-order valence-electron chi connectivity index (χ2n) is 4.17. The van der Waals surface area contributed by atoms with Crippen LogP contribution in [0.3, 0.4) is 0 Å². The SMILES string of the molecule is N=C(N)C(CSc1ccc2c(c1)OCCO2)C(F)(F)F. The minimum absolute atomic E-state index is 0.335. The standard InChI is InChI=1S/C12H13F3N2O2S/c13-12(14,15)8(11(16)17)6-20-7-1-2-9-10(5-7)19-4-3-18-9/h1-2,5,8H,3-4,6H2,(H3,16,17). The first kappa shape index (κ1) is 14.8. The van der Waals surface area contributed by atoms with Crippen molar-refractivity contribution in [2.75, 3.05) is 19.0 Å². The summed E-state index contributed by atoms with van der Waals surface area (Å²) in [6, 6.07) is 4.95. The van der Waals surface area contributed by atoms with E-state index in [0.717, 1.165) is 11.8 Å². The number of nitrogens with one attached hydrogen (secondary N) is 1. The zero-order valence-corrected chi connectivity index (χ0v) is 11.2. The van der Waals surface area contributed by atoms with Crippen LogP contribution in [-0.2, 0) is 0 Å². The van der Waals surface area contributed by atoms with Crippen molar-refractivity contribution in [3.8, 4) is 11.5 Å². The molecule has 0 fully saturated rings. The maximum atomic E-state index is 12.7. The zero-order chi connectivity index (χ0) is 14.8. The quantitative estimate of drug-likeness (QED) is 0.510. The molecule has 110 valence electrons. The lowest BCUT2D eigenvalue weighted by Gasteiger charge is -2.20. The number of benzene rings is 1. The van der Waals surface area contributed by atoms with Crippen LogP contribution in [0, 0.1) is 11.3 Å². The van der Waals surface area contributed by atoms with Crippen LogP contribution in [0.2, 0.25) is 0 Å². The van der Waals surface area contributed by atoms with E-state index in [4.69, 9.17) is 20.6 Å². The van der Waals surface area contributed by atoms with Crippen LogP contribution < -0.4 is 15.2 Å². The molecule has 0 saturated carbocycles. The van der Waals surface area contributed by atoms with Crippen LogP contribution in [0.5, 0.6) is 11.5 Å². The fourth-order valence-electron chi connectivity index (χ4n) is 1.65. The summed E-state index contributed by atoms with van der Waals surface area (Å²) in [5.41, 5.74) is 5.00. The number of amidine groups is 1. The van der Waals surface area contributed by atoms with Crippen molar-refractivity contribution < 1.29 is 22.6 Å². The summed E-state index contributed by atoms with van der Waals surface area (Å²) in [6.45, 7) is 0.875. The number of fused-ring (bicyclic) bond motifs is 1. The van der Waals surface area contributed by atoms with E-state index >= 15 is 0 Å². The molecule has 1 unspecified atom stereocenters. The maximum absolute atomic E-state index is 12.7. The van der Waals surface area contributed by atoms with Gasteiger partial charge in [0.25, 0.3) is 0 Å². The Bertz CT molecular complexity index is 508. The zero-order valence-electron chi connectivity index (χ0n) is 10.4. The largest absolute Gasteiger partial charge is 0.486 e. The highest BCUT2D eigenvalue weighted by molar-refractivity contribution is 7.99. The van der Waals surface area contributed by atoms with Crippen molar-refractivity contribution in [2.24, 2.45) is 11.7 Å². The summed E-state index contributed by atoms with van der Waals surface area (Å²) in [5, 5.41) is 7.02. The maximum Gasteiger partial charge on any atom is 0.399 e. The van der Waals surface area contributed by atoms with Crippen LogP contribution in [-0.4, -0.2) is 31.0 Å². The van der Waals surface area contributed by atoms with E-state index in [9.17, 15) is 13.2 Å². The first-order chi connectivity index (χ1) is 9.38. The molecule has 0 radical (unpaired) electrons. The van der Waals surface area contributed by atoms with Crippen molar-refractivity contribution in [3.05, 3.63) is 18.2 Å². The van der Waals surface area contributed by atoms with Gasteiger partial charge in [0, 0.05) is 10.6 Å². The van der Waals surface area contributed by atoms with Gasteiger partial charge < -0.3 is 15.2 Å². The second kappa shape index (κ2) is 5.82. The third-order valence-electron chi connectivity index (χ3n) is 2.70. The Balaban J connectivity index is 2.05. The summed E-state index contributed by atoms with van der Waals surface area (Å²) < 4.78 is 48.7. The van der Waals surface area contributed by atoms with E-state index < -0.39 is 17.9 Å². The molecule has 1 aliphatic heterocycles. The molecular weight excluding hydrogens is 293 g/mol. The molecule has 3 N–H and O–H groups in total. The number of hydrogen-bond acceptors (Lipinski definition) is 4. The number of rotatable bonds is 4. The molecule has 1 aliphatic rings. The average molecular weight is 306 g/mol. The molecule has 0 aliphatic carbocycles. The Morgan fingerprint density at radius 3 is 2.55 bits per heavy atom. The minimum atomic E-state index is -4.51. The molecule has 1 aromatic carbocycles. The first-order valence-corrected chi connectivity index (χ1v) is 6.79. The van der Waals surface area contributed by atoms with E-state index in [1.807, 2.05) is 0 Å². The van der Waals surface area contributed by atoms with Gasteiger partial charge in [0.05, 0.1) is 0 Å². The van der Waals surface area contributed by atoms with E-state index in [1.54, 1.807) is 18.2 Å². The van der Waals surface area contributed by atoms with Crippen molar-refractivity contribution in [1.82, 2.24) is 0 Å². The van der Waals surface area contributed by atoms with Crippen LogP contribution in [0.1, 0.15) is 0 Å². The molecule has 1 heterocycles. The van der Waals surface area contributed by atoms with Gasteiger partial charge in [0.1, 0.15) is 25.0 Å². The van der Waals surface area contributed by atoms with Crippen LogP contribution in [0.4, 0.5) is 13.2 Å². The van der Waals surface area contributed by atoms with Crippen molar-refractivity contribution in [3.63, 3.8) is 0 Å². The highest BCUT2D eigenvalue weighted by Gasteiger charge is 2.41. The lowest BCUT2D eigenvalue weighted by molar-refractivity contribution is -0.149. The molecule has 2 rings (SSSR count). The molecular formula is C12H13F3N2O2S. The third kappa shape index (κ3) is 3.50. The lowest BCUT2D eigenvalue weighted by Crippen LogP contribution is -2.36. The monoisotopic (exact) mass is 306 g/mol. The molecule has 0 amide bonds. The fraction of sp³-hybridized carbons (Fsp3) is 0.417. The number of nitrogens with two attached hydrogens (primary N) is 1. The second-order valence-corrected chi connectivity index (χ2v) is 5.26. The summed E-state index contributed by atoms with van der Waals surface area (Å²) in [5.74, 6) is -2.05. The Hall–Kier alpha value is -1.57. The summed E-state index contributed by atoms with van der Waals surface area (Å²) in [7, 11) is 0. The van der Waals surface area contributed by atoms with Gasteiger partial charge in [-0.15, -0.1) is 11.8 Å². The molecule has 8 heteroatoms. The Morgan fingerprint density at radius 2 is 1.95 bits per heavy atom. The molecule has 0 bridgehead atoms. The lowest BCUT2D eigenvalue weighted by atomic mass is 10.1. The fourth-order valence-corrected chi connectivity index (χ4v) is 2.74. The Kier molecular flexibility index (Phi) is 4.32. The molecule has 0 saturated heterocycles. The Labute approximate surface area is 117 Å². The van der Waals surface area contributed by atoms with E-state index in [1.165, 1.54) is 0 Å². The van der Waals surface area contributed by atoms with Gasteiger partial charge in [0.2, 0.25) is 0 Å². The van der Waals surface area contributed by atoms with Crippen molar-refractivity contribution in [2.45, 2.75) is 11.1 Å². The summed E-state index contributed by atoms with van der Waals surface area (Å²) >= 11 is 0.980. The summed E-state index contributed by atoms with van der Waals surface area (Å²) in [4.78, 5) is 0.616. The van der Waals surface area contributed by atoms with Gasteiger partial charge in [0.15, 0.2) is 11.5 Å². The number of alkyl halides is 3. The summed E-state index contributed by atoms with van der Waals surface area (Å²) in [6.07, 6.45) is -4.51. The molecule has 1 atom stereocenters. The van der Waals surface area contributed by atoms with E-state index in [-0.39, 0.29) is 5.75 Å². The number of halogens is 3. The predicted molar refractivity (Wildman–Crippen MR) is 69.6 cm³/mol. The van der Waals surface area contributed by atoms with Crippen LogP contribution in [0.15, 0.2) is 23.1 Å². The number of thioether (sulfide) groups is 1.